The van der Waals surface area contributed by atoms with E-state index in [0.717, 1.165) is 35.2 Å². The molecular formula is C15H20N4O. The SMILES string of the molecule is CCNc1ncnc(N(C)c2ccccc2OC)c1C. The molecule has 1 heterocycles. The molecule has 0 spiro atoms. The molecule has 0 aliphatic heterocycles. The largest absolute Gasteiger partial charge is 0.495 e. The monoisotopic (exact) mass is 272 g/mol. The summed E-state index contributed by atoms with van der Waals surface area (Å²) in [4.78, 5) is 10.7. The summed E-state index contributed by atoms with van der Waals surface area (Å²) < 4.78 is 5.40. The van der Waals surface area contributed by atoms with Gasteiger partial charge in [0.05, 0.1) is 12.8 Å². The fourth-order valence-corrected chi connectivity index (χ4v) is 2.15. The Kier molecular flexibility index (Phi) is 4.40. The second-order valence-corrected chi connectivity index (χ2v) is 4.43. The minimum absolute atomic E-state index is 0.818. The minimum Gasteiger partial charge on any atom is -0.495 e. The molecule has 2 rings (SSSR count). The number of methoxy groups -OCH3 is 1. The van der Waals surface area contributed by atoms with Gasteiger partial charge in [-0.3, -0.25) is 0 Å². The van der Waals surface area contributed by atoms with Gasteiger partial charge in [-0.25, -0.2) is 9.97 Å². The zero-order valence-corrected chi connectivity index (χ0v) is 12.3. The number of hydrogen-bond donors (Lipinski definition) is 1. The molecule has 0 saturated carbocycles. The molecule has 2 aromatic rings. The number of nitrogens with zero attached hydrogens (tertiary/aromatic N) is 3. The van der Waals surface area contributed by atoms with Crippen LogP contribution in [0.3, 0.4) is 0 Å². The van der Waals surface area contributed by atoms with E-state index >= 15 is 0 Å². The second-order valence-electron chi connectivity index (χ2n) is 4.43. The van der Waals surface area contributed by atoms with E-state index in [2.05, 4.69) is 15.3 Å². The number of hydrogen-bond acceptors (Lipinski definition) is 5. The smallest absolute Gasteiger partial charge is 0.142 e. The van der Waals surface area contributed by atoms with Crippen molar-refractivity contribution in [2.45, 2.75) is 13.8 Å². The lowest BCUT2D eigenvalue weighted by molar-refractivity contribution is 0.415. The van der Waals surface area contributed by atoms with Crippen molar-refractivity contribution in [1.82, 2.24) is 9.97 Å². The third-order valence-corrected chi connectivity index (χ3v) is 3.17. The number of aromatic nitrogens is 2. The van der Waals surface area contributed by atoms with E-state index in [1.165, 1.54) is 0 Å². The summed E-state index contributed by atoms with van der Waals surface area (Å²) in [7, 11) is 3.65. The van der Waals surface area contributed by atoms with Gasteiger partial charge in [0, 0.05) is 19.2 Å². The first-order valence-electron chi connectivity index (χ1n) is 6.61. The zero-order chi connectivity index (χ0) is 14.5. The fraction of sp³-hybridized carbons (Fsp3) is 0.333. The Morgan fingerprint density at radius 1 is 1.25 bits per heavy atom. The van der Waals surface area contributed by atoms with Crippen LogP contribution in [0.25, 0.3) is 0 Å². The summed E-state index contributed by atoms with van der Waals surface area (Å²) >= 11 is 0. The highest BCUT2D eigenvalue weighted by molar-refractivity contribution is 5.70. The van der Waals surface area contributed by atoms with Gasteiger partial charge in [-0.1, -0.05) is 12.1 Å². The molecule has 5 nitrogen and oxygen atoms in total. The summed E-state index contributed by atoms with van der Waals surface area (Å²) in [5.41, 5.74) is 1.99. The maximum absolute atomic E-state index is 5.40. The van der Waals surface area contributed by atoms with Crippen LogP contribution in [0.1, 0.15) is 12.5 Å². The predicted molar refractivity (Wildman–Crippen MR) is 82.0 cm³/mol. The van der Waals surface area contributed by atoms with Crippen LogP contribution in [0.15, 0.2) is 30.6 Å². The quantitative estimate of drug-likeness (QED) is 0.906. The molecule has 0 radical (unpaired) electrons. The van der Waals surface area contributed by atoms with Crippen LogP contribution >= 0.6 is 0 Å². The lowest BCUT2D eigenvalue weighted by Gasteiger charge is -2.23. The number of rotatable bonds is 5. The van der Waals surface area contributed by atoms with Crippen LogP contribution < -0.4 is 15.0 Å². The second kappa shape index (κ2) is 6.23. The van der Waals surface area contributed by atoms with E-state index in [1.54, 1.807) is 13.4 Å². The van der Waals surface area contributed by atoms with E-state index in [1.807, 2.05) is 50.1 Å². The molecule has 0 aliphatic carbocycles. The van der Waals surface area contributed by atoms with Gasteiger partial charge < -0.3 is 15.0 Å². The Morgan fingerprint density at radius 2 is 2.00 bits per heavy atom. The van der Waals surface area contributed by atoms with Gasteiger partial charge in [-0.15, -0.1) is 0 Å². The minimum atomic E-state index is 0.818. The summed E-state index contributed by atoms with van der Waals surface area (Å²) in [6.45, 7) is 4.89. The van der Waals surface area contributed by atoms with Crippen molar-refractivity contribution < 1.29 is 4.74 Å². The number of benzene rings is 1. The van der Waals surface area contributed by atoms with Crippen molar-refractivity contribution in [3.8, 4) is 5.75 Å². The van der Waals surface area contributed by atoms with E-state index in [4.69, 9.17) is 4.74 Å². The van der Waals surface area contributed by atoms with E-state index in [-0.39, 0.29) is 0 Å². The lowest BCUT2D eigenvalue weighted by atomic mass is 10.2. The third kappa shape index (κ3) is 2.66. The molecule has 106 valence electrons. The van der Waals surface area contributed by atoms with Crippen LogP contribution in [0.2, 0.25) is 0 Å². The summed E-state index contributed by atoms with van der Waals surface area (Å²) in [6, 6.07) is 7.88. The van der Waals surface area contributed by atoms with Crippen LogP contribution in [-0.2, 0) is 0 Å². The van der Waals surface area contributed by atoms with Crippen molar-refractivity contribution >= 4 is 17.3 Å². The number of ether oxygens (including phenoxy) is 1. The standard InChI is InChI=1S/C15H20N4O/c1-5-16-14-11(2)15(18-10-17-14)19(3)12-8-6-7-9-13(12)20-4/h6-10H,5H2,1-4H3,(H,16,17,18). The van der Waals surface area contributed by atoms with Crippen LogP contribution in [-0.4, -0.2) is 30.7 Å². The summed E-state index contributed by atoms with van der Waals surface area (Å²) in [5.74, 6) is 2.54. The predicted octanol–water partition coefficient (Wildman–Crippen LogP) is 2.99. The Balaban J connectivity index is 2.43. The van der Waals surface area contributed by atoms with Crippen LogP contribution in [0.4, 0.5) is 17.3 Å². The molecule has 0 aliphatic rings. The van der Waals surface area contributed by atoms with Gasteiger partial charge in [0.25, 0.3) is 0 Å². The van der Waals surface area contributed by atoms with Crippen molar-refractivity contribution in [2.24, 2.45) is 0 Å². The fourth-order valence-electron chi connectivity index (χ4n) is 2.15. The molecule has 0 amide bonds. The normalized spacial score (nSPS) is 10.2. The molecular weight excluding hydrogens is 252 g/mol. The van der Waals surface area contributed by atoms with Gasteiger partial charge in [-0.05, 0) is 26.0 Å². The molecule has 0 saturated heterocycles. The molecule has 0 fully saturated rings. The van der Waals surface area contributed by atoms with Crippen LogP contribution in [0, 0.1) is 6.92 Å². The molecule has 20 heavy (non-hydrogen) atoms. The first kappa shape index (κ1) is 14.1. The van der Waals surface area contributed by atoms with E-state index in [0.29, 0.717) is 0 Å². The lowest BCUT2D eigenvalue weighted by Crippen LogP contribution is -2.15. The van der Waals surface area contributed by atoms with Gasteiger partial charge in [-0.2, -0.15) is 0 Å². The molecule has 0 unspecified atom stereocenters. The van der Waals surface area contributed by atoms with Gasteiger partial charge in [0.15, 0.2) is 0 Å². The Hall–Kier alpha value is -2.30. The number of anilines is 3. The van der Waals surface area contributed by atoms with E-state index in [9.17, 15) is 0 Å². The molecule has 1 N–H and O–H groups in total. The molecule has 0 atom stereocenters. The summed E-state index contributed by atoms with van der Waals surface area (Å²) in [6.07, 6.45) is 1.58. The average Bonchev–Trinajstić information content (AvgIpc) is 2.49. The van der Waals surface area contributed by atoms with Crippen molar-refractivity contribution in [3.05, 3.63) is 36.2 Å². The molecule has 1 aromatic heterocycles. The Morgan fingerprint density at radius 3 is 2.70 bits per heavy atom. The summed E-state index contributed by atoms with van der Waals surface area (Å²) in [5, 5.41) is 3.24. The van der Waals surface area contributed by atoms with Gasteiger partial charge in [0.1, 0.15) is 23.7 Å². The molecule has 5 heteroatoms. The molecule has 0 bridgehead atoms. The van der Waals surface area contributed by atoms with Crippen molar-refractivity contribution in [2.75, 3.05) is 30.9 Å². The maximum atomic E-state index is 5.40. The van der Waals surface area contributed by atoms with Gasteiger partial charge in [0.2, 0.25) is 0 Å². The van der Waals surface area contributed by atoms with Gasteiger partial charge >= 0.3 is 0 Å². The maximum Gasteiger partial charge on any atom is 0.142 e. The average molecular weight is 272 g/mol. The van der Waals surface area contributed by atoms with Crippen LogP contribution in [0.5, 0.6) is 5.75 Å². The first-order chi connectivity index (χ1) is 9.69. The Bertz CT molecular complexity index is 586. The van der Waals surface area contributed by atoms with E-state index < -0.39 is 0 Å². The number of nitrogens with one attached hydrogen (secondary N) is 1. The van der Waals surface area contributed by atoms with Crippen molar-refractivity contribution in [1.29, 1.82) is 0 Å². The number of para-hydroxylation sites is 2. The highest BCUT2D eigenvalue weighted by Gasteiger charge is 2.15. The highest BCUT2D eigenvalue weighted by atomic mass is 16.5. The highest BCUT2D eigenvalue weighted by Crippen LogP contribution is 2.33. The topological polar surface area (TPSA) is 50.3 Å². The first-order valence-corrected chi connectivity index (χ1v) is 6.61. The van der Waals surface area contributed by atoms with Crippen molar-refractivity contribution in [3.63, 3.8) is 0 Å². The Labute approximate surface area is 119 Å². The molecule has 1 aromatic carbocycles. The zero-order valence-electron chi connectivity index (χ0n) is 12.3. The third-order valence-electron chi connectivity index (χ3n) is 3.17.